The van der Waals surface area contributed by atoms with Crippen molar-refractivity contribution in [2.45, 2.75) is 0 Å². The summed E-state index contributed by atoms with van der Waals surface area (Å²) in [5.74, 6) is 0. The van der Waals surface area contributed by atoms with Crippen LogP contribution in [0.4, 0.5) is 0 Å². The van der Waals surface area contributed by atoms with Crippen molar-refractivity contribution in [1.82, 2.24) is 0 Å². The van der Waals surface area contributed by atoms with Crippen LogP contribution >= 0.6 is 40.5 Å². The Hall–Kier alpha value is 1.85. The van der Waals surface area contributed by atoms with E-state index in [0.29, 0.717) is 0 Å². The number of halogens is 3. The Morgan fingerprint density at radius 2 is 0.455 bits per heavy atom. The van der Waals surface area contributed by atoms with E-state index < -0.39 is 10.5 Å². The van der Waals surface area contributed by atoms with Gasteiger partial charge in [0, 0.05) is 0 Å². The van der Waals surface area contributed by atoms with Crippen LogP contribution in [0.1, 0.15) is 0 Å². The van der Waals surface area contributed by atoms with E-state index in [1.807, 2.05) is 0 Å². The summed E-state index contributed by atoms with van der Waals surface area (Å²) in [6.07, 6.45) is 0. The van der Waals surface area contributed by atoms with E-state index in [-0.39, 0.29) is 0 Å². The molecule has 3 saturated heterocycles. The quantitative estimate of drug-likeness (QED) is 0.389. The van der Waals surface area contributed by atoms with E-state index in [1.165, 1.54) is 0 Å². The summed E-state index contributed by atoms with van der Waals surface area (Å²) < 4.78 is 29.7. The van der Waals surface area contributed by atoms with Gasteiger partial charge in [0.05, 0.1) is 79.3 Å². The van der Waals surface area contributed by atoms with Crippen molar-refractivity contribution in [1.29, 1.82) is 0 Å². The average molecular weight is 696 g/mol. The molecule has 22 heavy (non-hydrogen) atoms. The standard InChI is InChI=1S/3C4H8O2.3BrH.Ir/c3*1-2-6-4-3-5-1;;;;/h3*1-4H2;3*1H;/q;;;;;;+3/p-3. The van der Waals surface area contributed by atoms with Gasteiger partial charge in [0.1, 0.15) is 0 Å². The Morgan fingerprint density at radius 1 is 0.364 bits per heavy atom. The van der Waals surface area contributed by atoms with Crippen molar-refractivity contribution in [2.24, 2.45) is 0 Å². The van der Waals surface area contributed by atoms with Crippen LogP contribution in [-0.4, -0.2) is 79.3 Å². The maximum absolute atomic E-state index is 4.94. The Kier molecular flexibility index (Phi) is 22.6. The molecule has 10 heteroatoms. The summed E-state index contributed by atoms with van der Waals surface area (Å²) in [5.41, 5.74) is 0. The molecule has 3 aliphatic rings. The summed E-state index contributed by atoms with van der Waals surface area (Å²) in [7, 11) is -0.896. The minimum absolute atomic E-state index is 0.778. The van der Waals surface area contributed by atoms with Crippen LogP contribution in [0.15, 0.2) is 0 Å². The van der Waals surface area contributed by atoms with Gasteiger partial charge in [-0.2, -0.15) is 0 Å². The average Bonchev–Trinajstić information content (AvgIpc) is 2.60. The molecule has 0 bridgehead atoms. The fourth-order valence-corrected chi connectivity index (χ4v) is 1.32. The Labute approximate surface area is 157 Å². The van der Waals surface area contributed by atoms with E-state index in [4.69, 9.17) is 28.4 Å². The van der Waals surface area contributed by atoms with E-state index in [9.17, 15) is 0 Å². The monoisotopic (exact) mass is 694 g/mol. The van der Waals surface area contributed by atoms with Crippen molar-refractivity contribution in [3.8, 4) is 0 Å². The maximum atomic E-state index is 4.94. The molecule has 0 aromatic heterocycles. The van der Waals surface area contributed by atoms with Crippen LogP contribution in [0.25, 0.3) is 0 Å². The molecule has 3 rings (SSSR count). The summed E-state index contributed by atoms with van der Waals surface area (Å²) in [5, 5.41) is 0. The van der Waals surface area contributed by atoms with Crippen LogP contribution in [0.5, 0.6) is 0 Å². The third kappa shape index (κ3) is 24.1. The van der Waals surface area contributed by atoms with Crippen LogP contribution in [0, 0.1) is 0 Å². The van der Waals surface area contributed by atoms with Crippen LogP contribution < -0.4 is 0 Å². The summed E-state index contributed by atoms with van der Waals surface area (Å²) in [4.78, 5) is 0. The van der Waals surface area contributed by atoms with E-state index in [1.54, 1.807) is 0 Å². The van der Waals surface area contributed by atoms with Gasteiger partial charge in [-0.3, -0.25) is 0 Å². The molecule has 0 saturated carbocycles. The molecule has 0 N–H and O–H groups in total. The summed E-state index contributed by atoms with van der Waals surface area (Å²) in [6.45, 7) is 9.33. The first kappa shape index (κ1) is 23.8. The molecule has 3 aliphatic heterocycles. The van der Waals surface area contributed by atoms with Gasteiger partial charge < -0.3 is 28.4 Å². The van der Waals surface area contributed by atoms with E-state index >= 15 is 0 Å². The van der Waals surface area contributed by atoms with Gasteiger partial charge in [-0.1, -0.05) is 0 Å². The molecule has 3 heterocycles. The van der Waals surface area contributed by atoms with Gasteiger partial charge in [-0.15, -0.1) is 0 Å². The van der Waals surface area contributed by atoms with Gasteiger partial charge in [-0.05, 0) is 0 Å². The zero-order chi connectivity index (χ0) is 16.3. The first-order chi connectivity index (χ1) is 10.7. The van der Waals surface area contributed by atoms with E-state index in [2.05, 4.69) is 40.5 Å². The predicted octanol–water partition coefficient (Wildman–Crippen LogP) is 2.63. The van der Waals surface area contributed by atoms with Gasteiger partial charge in [0.15, 0.2) is 0 Å². The normalized spacial score (nSPS) is 21.7. The molecule has 0 aromatic rings. The molecular formula is C12H24Br3IrO6. The number of rotatable bonds is 0. The second kappa shape index (κ2) is 20.9. The molecule has 138 valence electrons. The Morgan fingerprint density at radius 3 is 0.500 bits per heavy atom. The Balaban J connectivity index is 0.000000271. The molecule has 0 radical (unpaired) electrons. The fraction of sp³-hybridized carbons (Fsp3) is 1.00. The van der Waals surface area contributed by atoms with Crippen LogP contribution in [0.2, 0.25) is 0 Å². The van der Waals surface area contributed by atoms with Crippen molar-refractivity contribution in [3.63, 3.8) is 0 Å². The third-order valence-corrected chi connectivity index (χ3v) is 2.23. The molecular weight excluding hydrogens is 672 g/mol. The first-order valence-electron chi connectivity index (χ1n) is 6.84. The van der Waals surface area contributed by atoms with Gasteiger partial charge in [0.2, 0.25) is 0 Å². The fourth-order valence-electron chi connectivity index (χ4n) is 1.32. The minimum atomic E-state index is -0.896. The van der Waals surface area contributed by atoms with E-state index in [0.717, 1.165) is 79.3 Å². The third-order valence-electron chi connectivity index (χ3n) is 2.23. The number of ether oxygens (including phenoxy) is 6. The van der Waals surface area contributed by atoms with Crippen molar-refractivity contribution in [3.05, 3.63) is 0 Å². The molecule has 3 fully saturated rings. The second-order valence-corrected chi connectivity index (χ2v) is 35.2. The van der Waals surface area contributed by atoms with Gasteiger partial charge in [-0.25, -0.2) is 0 Å². The zero-order valence-electron chi connectivity index (χ0n) is 12.4. The first-order valence-corrected chi connectivity index (χ1v) is 22.5. The molecule has 0 amide bonds. The van der Waals surface area contributed by atoms with Crippen LogP contribution in [0.3, 0.4) is 0 Å². The summed E-state index contributed by atoms with van der Waals surface area (Å²) >= 11 is 9.81. The molecule has 0 aromatic carbocycles. The van der Waals surface area contributed by atoms with Crippen molar-refractivity contribution >= 4 is 40.5 Å². The van der Waals surface area contributed by atoms with Crippen molar-refractivity contribution in [2.75, 3.05) is 79.3 Å². The second-order valence-electron chi connectivity index (χ2n) is 3.82. The number of hydrogen-bond donors (Lipinski definition) is 0. The van der Waals surface area contributed by atoms with Gasteiger partial charge >= 0.3 is 51.0 Å². The molecule has 0 atom stereocenters. The molecule has 6 nitrogen and oxygen atoms in total. The zero-order valence-corrected chi connectivity index (χ0v) is 19.6. The van der Waals surface area contributed by atoms with Gasteiger partial charge in [0.25, 0.3) is 0 Å². The SMILES string of the molecule is C1COCCO1.C1COCCO1.C1COCCO1.[Br][Ir]([Br])[Br]. The molecule has 0 spiro atoms. The Bertz CT molecular complexity index is 139. The van der Waals surface area contributed by atoms with Crippen molar-refractivity contribution < 1.29 is 38.9 Å². The predicted molar refractivity (Wildman–Crippen MR) is 91.7 cm³/mol. The topological polar surface area (TPSA) is 55.4 Å². The summed E-state index contributed by atoms with van der Waals surface area (Å²) in [6, 6.07) is 0. The molecule has 0 unspecified atom stereocenters. The molecule has 0 aliphatic carbocycles. The van der Waals surface area contributed by atoms with Crippen LogP contribution in [-0.2, 0) is 38.9 Å². The number of hydrogen-bond acceptors (Lipinski definition) is 6.